The molecule has 0 saturated carbocycles. The maximum Gasteiger partial charge on any atom is 0.249 e. The number of benzene rings is 1. The van der Waals surface area contributed by atoms with E-state index in [1.54, 1.807) is 18.0 Å². The van der Waals surface area contributed by atoms with E-state index in [4.69, 9.17) is 4.74 Å². The largest absolute Gasteiger partial charge is 0.497 e. The minimum Gasteiger partial charge on any atom is -0.497 e. The second kappa shape index (κ2) is 6.78. The average molecular weight is 331 g/mol. The van der Waals surface area contributed by atoms with Gasteiger partial charge in [-0.3, -0.25) is 9.59 Å². The molecule has 0 aliphatic carbocycles. The zero-order chi connectivity index (χ0) is 16.2. The van der Waals surface area contributed by atoms with Gasteiger partial charge in [0.1, 0.15) is 11.8 Å². The summed E-state index contributed by atoms with van der Waals surface area (Å²) in [5.74, 6) is 0.412. The van der Waals surface area contributed by atoms with Gasteiger partial charge in [-0.1, -0.05) is 12.1 Å². The number of thiazole rings is 1. The standard InChI is InChI=1S/C16H17N3O3S/c1-22-11-5-2-10(3-6-11)4-7-12-15(20)19-14(16(21)18-12)13-8-23-9-17-13/h2-3,5-6,8-9,12,14H,4,7H2,1H3,(H,18,21)(H,19,20). The Morgan fingerprint density at radius 3 is 2.61 bits per heavy atom. The minimum atomic E-state index is -0.689. The summed E-state index contributed by atoms with van der Waals surface area (Å²) in [4.78, 5) is 28.5. The Bertz CT molecular complexity index is 685. The predicted octanol–water partition coefficient (Wildman–Crippen LogP) is 1.44. The molecular formula is C16H17N3O3S. The van der Waals surface area contributed by atoms with Crippen LogP contribution in [0.15, 0.2) is 35.2 Å². The van der Waals surface area contributed by atoms with E-state index >= 15 is 0 Å². The topological polar surface area (TPSA) is 80.3 Å². The molecule has 1 aliphatic rings. The molecule has 0 spiro atoms. The Balaban J connectivity index is 1.59. The van der Waals surface area contributed by atoms with Crippen LogP contribution in [0.4, 0.5) is 0 Å². The third-order valence-electron chi connectivity index (χ3n) is 3.81. The highest BCUT2D eigenvalue weighted by atomic mass is 32.1. The van der Waals surface area contributed by atoms with Gasteiger partial charge in [-0.2, -0.15) is 0 Å². The number of nitrogens with one attached hydrogen (secondary N) is 2. The van der Waals surface area contributed by atoms with Crippen LogP contribution in [0.5, 0.6) is 5.75 Å². The number of ether oxygens (including phenoxy) is 1. The number of aromatic nitrogens is 1. The smallest absolute Gasteiger partial charge is 0.249 e. The fraction of sp³-hybridized carbons (Fsp3) is 0.312. The molecule has 6 nitrogen and oxygen atoms in total. The van der Waals surface area contributed by atoms with Gasteiger partial charge in [0.05, 0.1) is 18.3 Å². The van der Waals surface area contributed by atoms with Crippen molar-refractivity contribution in [3.05, 3.63) is 46.4 Å². The van der Waals surface area contributed by atoms with Crippen LogP contribution in [-0.2, 0) is 16.0 Å². The maximum absolute atomic E-state index is 12.2. The molecule has 0 radical (unpaired) electrons. The maximum atomic E-state index is 12.2. The number of nitrogens with zero attached hydrogens (tertiary/aromatic N) is 1. The lowest BCUT2D eigenvalue weighted by Gasteiger charge is -2.28. The summed E-state index contributed by atoms with van der Waals surface area (Å²) >= 11 is 1.40. The number of rotatable bonds is 5. The number of carbonyl (C=O) groups excluding carboxylic acids is 2. The van der Waals surface area contributed by atoms with E-state index in [1.807, 2.05) is 24.3 Å². The molecule has 120 valence electrons. The Kier molecular flexibility index (Phi) is 4.57. The number of methoxy groups -OCH3 is 1. The average Bonchev–Trinajstić information content (AvgIpc) is 3.10. The summed E-state index contributed by atoms with van der Waals surface area (Å²) in [6.45, 7) is 0. The zero-order valence-electron chi connectivity index (χ0n) is 12.6. The number of hydrogen-bond donors (Lipinski definition) is 2. The summed E-state index contributed by atoms with van der Waals surface area (Å²) in [7, 11) is 1.62. The quantitative estimate of drug-likeness (QED) is 0.869. The van der Waals surface area contributed by atoms with E-state index in [9.17, 15) is 9.59 Å². The molecule has 1 saturated heterocycles. The summed E-state index contributed by atoms with van der Waals surface area (Å²) in [5, 5.41) is 7.30. The molecule has 2 amide bonds. The first-order valence-electron chi connectivity index (χ1n) is 7.29. The molecule has 2 atom stereocenters. The van der Waals surface area contributed by atoms with Crippen molar-refractivity contribution < 1.29 is 14.3 Å². The number of piperazine rings is 1. The van der Waals surface area contributed by atoms with Gasteiger partial charge in [-0.15, -0.1) is 11.3 Å². The van der Waals surface area contributed by atoms with Gasteiger partial charge in [0.15, 0.2) is 6.04 Å². The van der Waals surface area contributed by atoms with Gasteiger partial charge in [0, 0.05) is 5.38 Å². The van der Waals surface area contributed by atoms with Crippen molar-refractivity contribution in [1.82, 2.24) is 15.6 Å². The van der Waals surface area contributed by atoms with Gasteiger partial charge < -0.3 is 15.4 Å². The molecule has 3 rings (SSSR count). The molecule has 1 aromatic heterocycles. The van der Waals surface area contributed by atoms with Crippen molar-refractivity contribution in [3.8, 4) is 5.75 Å². The minimum absolute atomic E-state index is 0.170. The van der Waals surface area contributed by atoms with Crippen LogP contribution in [0.25, 0.3) is 0 Å². The Hall–Kier alpha value is -2.41. The van der Waals surface area contributed by atoms with Crippen LogP contribution in [0.1, 0.15) is 23.7 Å². The lowest BCUT2D eigenvalue weighted by Crippen LogP contribution is -2.57. The van der Waals surface area contributed by atoms with E-state index in [2.05, 4.69) is 15.6 Å². The van der Waals surface area contributed by atoms with Crippen molar-refractivity contribution in [2.75, 3.05) is 7.11 Å². The molecule has 2 aromatic rings. The van der Waals surface area contributed by atoms with Gasteiger partial charge in [0.2, 0.25) is 11.8 Å². The lowest BCUT2D eigenvalue weighted by atomic mass is 10.0. The summed E-state index contributed by atoms with van der Waals surface area (Å²) in [6, 6.07) is 6.48. The van der Waals surface area contributed by atoms with E-state index in [1.165, 1.54) is 11.3 Å². The van der Waals surface area contributed by atoms with Gasteiger partial charge in [-0.25, -0.2) is 4.98 Å². The fourth-order valence-corrected chi connectivity index (χ4v) is 3.09. The van der Waals surface area contributed by atoms with E-state index in [-0.39, 0.29) is 11.8 Å². The lowest BCUT2D eigenvalue weighted by molar-refractivity contribution is -0.137. The molecule has 2 heterocycles. The normalized spacial score (nSPS) is 20.7. The number of carbonyl (C=O) groups is 2. The van der Waals surface area contributed by atoms with Crippen LogP contribution < -0.4 is 15.4 Å². The molecule has 1 aliphatic heterocycles. The summed E-state index contributed by atoms with van der Waals surface area (Å²) in [6.07, 6.45) is 1.25. The first-order valence-corrected chi connectivity index (χ1v) is 8.23. The molecule has 23 heavy (non-hydrogen) atoms. The first kappa shape index (κ1) is 15.5. The number of hydrogen-bond acceptors (Lipinski definition) is 5. The van der Waals surface area contributed by atoms with Crippen LogP contribution >= 0.6 is 11.3 Å². The molecular weight excluding hydrogens is 314 g/mol. The predicted molar refractivity (Wildman–Crippen MR) is 86.2 cm³/mol. The SMILES string of the molecule is COc1ccc(CCC2NC(=O)C(c3cscn3)NC2=O)cc1. The third-order valence-corrected chi connectivity index (χ3v) is 4.41. The van der Waals surface area contributed by atoms with Crippen molar-refractivity contribution in [3.63, 3.8) is 0 Å². The van der Waals surface area contributed by atoms with E-state index < -0.39 is 12.1 Å². The molecule has 7 heteroatoms. The van der Waals surface area contributed by atoms with Crippen molar-refractivity contribution in [1.29, 1.82) is 0 Å². The summed E-state index contributed by atoms with van der Waals surface area (Å²) in [5.41, 5.74) is 3.31. The second-order valence-electron chi connectivity index (χ2n) is 5.30. The highest BCUT2D eigenvalue weighted by Crippen LogP contribution is 2.19. The van der Waals surface area contributed by atoms with Crippen LogP contribution in [0, 0.1) is 0 Å². The highest BCUT2D eigenvalue weighted by molar-refractivity contribution is 7.07. The number of aryl methyl sites for hydroxylation is 1. The fourth-order valence-electron chi connectivity index (χ4n) is 2.51. The number of amides is 2. The second-order valence-corrected chi connectivity index (χ2v) is 6.02. The summed E-state index contributed by atoms with van der Waals surface area (Å²) < 4.78 is 5.12. The Morgan fingerprint density at radius 2 is 1.96 bits per heavy atom. The third kappa shape index (κ3) is 3.50. The van der Waals surface area contributed by atoms with Crippen molar-refractivity contribution >= 4 is 23.2 Å². The molecule has 1 aromatic carbocycles. The molecule has 0 bridgehead atoms. The molecule has 2 unspecified atom stereocenters. The van der Waals surface area contributed by atoms with E-state index in [0.29, 0.717) is 18.5 Å². The van der Waals surface area contributed by atoms with Crippen LogP contribution in [-0.4, -0.2) is 29.9 Å². The monoisotopic (exact) mass is 331 g/mol. The Labute approximate surface area is 137 Å². The van der Waals surface area contributed by atoms with Crippen molar-refractivity contribution in [2.24, 2.45) is 0 Å². The zero-order valence-corrected chi connectivity index (χ0v) is 13.4. The molecule has 1 fully saturated rings. The van der Waals surface area contributed by atoms with Crippen molar-refractivity contribution in [2.45, 2.75) is 24.9 Å². The van der Waals surface area contributed by atoms with E-state index in [0.717, 1.165) is 11.3 Å². The first-order chi connectivity index (χ1) is 11.2. The van der Waals surface area contributed by atoms with Gasteiger partial charge >= 0.3 is 0 Å². The van der Waals surface area contributed by atoms with Gasteiger partial charge in [-0.05, 0) is 30.5 Å². The Morgan fingerprint density at radius 1 is 1.17 bits per heavy atom. The molecule has 2 N–H and O–H groups in total. The highest BCUT2D eigenvalue weighted by Gasteiger charge is 2.35. The van der Waals surface area contributed by atoms with Crippen LogP contribution in [0.2, 0.25) is 0 Å². The van der Waals surface area contributed by atoms with Crippen LogP contribution in [0.3, 0.4) is 0 Å². The van der Waals surface area contributed by atoms with Gasteiger partial charge in [0.25, 0.3) is 0 Å².